The number of aromatic nitrogens is 6. The van der Waals surface area contributed by atoms with Crippen LogP contribution >= 0.6 is 11.6 Å². The molecule has 0 aliphatic heterocycles. The van der Waals surface area contributed by atoms with Gasteiger partial charge in [-0.15, -0.1) is 5.10 Å². The first-order valence-corrected chi connectivity index (χ1v) is 10.2. The first-order valence-electron chi connectivity index (χ1n) is 9.78. The average Bonchev–Trinajstić information content (AvgIpc) is 3.30. The van der Waals surface area contributed by atoms with E-state index >= 15 is 0 Å². The number of nitrogens with one attached hydrogen (secondary N) is 1. The molecule has 0 bridgehead atoms. The molecule has 0 fully saturated rings. The van der Waals surface area contributed by atoms with Crippen molar-refractivity contribution in [1.82, 2.24) is 30.2 Å². The summed E-state index contributed by atoms with van der Waals surface area (Å²) in [5.41, 5.74) is 1.83. The number of alkyl halides is 2. The predicted octanol–water partition coefficient (Wildman–Crippen LogP) is 4.60. The summed E-state index contributed by atoms with van der Waals surface area (Å²) in [6, 6.07) is 11.6. The van der Waals surface area contributed by atoms with Gasteiger partial charge in [-0.05, 0) is 47.2 Å². The van der Waals surface area contributed by atoms with Gasteiger partial charge in [-0.1, -0.05) is 29.8 Å². The Morgan fingerprint density at radius 1 is 1.03 bits per heavy atom. The van der Waals surface area contributed by atoms with E-state index in [0.717, 1.165) is 5.56 Å². The Morgan fingerprint density at radius 3 is 2.55 bits per heavy atom. The lowest BCUT2D eigenvalue weighted by molar-refractivity contribution is -0.0493. The van der Waals surface area contributed by atoms with Crippen LogP contribution in [0.1, 0.15) is 6.92 Å². The number of hydrogen-bond donors (Lipinski definition) is 1. The Labute approximate surface area is 192 Å². The molecule has 0 saturated heterocycles. The first-order chi connectivity index (χ1) is 16.0. The van der Waals surface area contributed by atoms with Crippen LogP contribution in [0.4, 0.5) is 20.4 Å². The van der Waals surface area contributed by atoms with Crippen LogP contribution in [0.2, 0.25) is 5.02 Å². The van der Waals surface area contributed by atoms with Crippen molar-refractivity contribution in [2.24, 2.45) is 0 Å². The second-order valence-electron chi connectivity index (χ2n) is 6.90. The number of ether oxygens (including phenoxy) is 2. The normalized spacial score (nSPS) is 11.9. The monoisotopic (exact) mass is 473 g/mol. The Morgan fingerprint density at radius 2 is 1.82 bits per heavy atom. The van der Waals surface area contributed by atoms with Crippen molar-refractivity contribution in [3.05, 3.63) is 66.2 Å². The highest BCUT2D eigenvalue weighted by Crippen LogP contribution is 2.32. The smallest absolute Gasteiger partial charge is 0.387 e. The Balaban J connectivity index is 1.47. The summed E-state index contributed by atoms with van der Waals surface area (Å²) in [4.78, 5) is 8.54. The maximum atomic E-state index is 12.6. The van der Waals surface area contributed by atoms with E-state index in [4.69, 9.17) is 16.3 Å². The van der Waals surface area contributed by atoms with Crippen molar-refractivity contribution >= 4 is 23.2 Å². The highest BCUT2D eigenvalue weighted by atomic mass is 35.5. The minimum Gasteiger partial charge on any atom is -0.487 e. The summed E-state index contributed by atoms with van der Waals surface area (Å²) < 4.78 is 37.2. The quantitative estimate of drug-likeness (QED) is 0.376. The molecule has 170 valence electrons. The summed E-state index contributed by atoms with van der Waals surface area (Å²) in [5.74, 6) is 0.718. The van der Waals surface area contributed by atoms with E-state index in [1.54, 1.807) is 47.4 Å². The van der Waals surface area contributed by atoms with Gasteiger partial charge in [0.05, 0.1) is 17.3 Å². The standard InChI is InChI=1S/C21H18ClF2N7O2/c1-13(11-31-12-27-29-30-31)32-19-8-14(6-7-16(19)22)15-9-25-21(26-10-15)28-17-4-2-3-5-18(17)33-20(23)24/h2-10,12-13,20H,11H2,1H3,(H,25,26,28). The molecule has 0 amide bonds. The zero-order chi connectivity index (χ0) is 23.2. The minimum atomic E-state index is -2.94. The fraction of sp³-hybridized carbons (Fsp3) is 0.190. The number of halogens is 3. The maximum Gasteiger partial charge on any atom is 0.387 e. The molecular formula is C21H18ClF2N7O2. The number of rotatable bonds is 9. The van der Waals surface area contributed by atoms with Gasteiger partial charge in [0.2, 0.25) is 5.95 Å². The van der Waals surface area contributed by atoms with Crippen LogP contribution in [0.5, 0.6) is 11.5 Å². The average molecular weight is 474 g/mol. The predicted molar refractivity (Wildman–Crippen MR) is 117 cm³/mol. The molecule has 9 nitrogen and oxygen atoms in total. The van der Waals surface area contributed by atoms with Crippen LogP contribution in [0.15, 0.2) is 61.2 Å². The van der Waals surface area contributed by atoms with Crippen LogP contribution in [0, 0.1) is 0 Å². The molecule has 0 saturated carbocycles. The second-order valence-corrected chi connectivity index (χ2v) is 7.31. The van der Waals surface area contributed by atoms with Crippen molar-refractivity contribution in [2.45, 2.75) is 26.2 Å². The zero-order valence-corrected chi connectivity index (χ0v) is 18.0. The summed E-state index contributed by atoms with van der Waals surface area (Å²) in [6.45, 7) is -0.606. The summed E-state index contributed by atoms with van der Waals surface area (Å²) >= 11 is 6.30. The maximum absolute atomic E-state index is 12.6. The molecule has 1 N–H and O–H groups in total. The van der Waals surface area contributed by atoms with Crippen molar-refractivity contribution in [2.75, 3.05) is 5.32 Å². The number of tetrazole rings is 1. The number of benzene rings is 2. The number of hydrogen-bond acceptors (Lipinski definition) is 8. The molecule has 33 heavy (non-hydrogen) atoms. The third-order valence-corrected chi connectivity index (χ3v) is 4.74. The number of anilines is 2. The summed E-state index contributed by atoms with van der Waals surface area (Å²) in [7, 11) is 0. The van der Waals surface area contributed by atoms with Gasteiger partial charge in [0.1, 0.15) is 23.9 Å². The lowest BCUT2D eigenvalue weighted by atomic mass is 10.1. The van der Waals surface area contributed by atoms with Crippen LogP contribution in [-0.4, -0.2) is 42.9 Å². The molecule has 2 aromatic carbocycles. The lowest BCUT2D eigenvalue weighted by Gasteiger charge is -2.16. The lowest BCUT2D eigenvalue weighted by Crippen LogP contribution is -2.20. The van der Waals surface area contributed by atoms with E-state index < -0.39 is 6.61 Å². The first kappa shape index (κ1) is 22.3. The van der Waals surface area contributed by atoms with Gasteiger partial charge in [0, 0.05) is 18.0 Å². The molecule has 4 aromatic rings. The Bertz CT molecular complexity index is 1190. The highest BCUT2D eigenvalue weighted by Gasteiger charge is 2.13. The van der Waals surface area contributed by atoms with Crippen LogP contribution < -0.4 is 14.8 Å². The van der Waals surface area contributed by atoms with Crippen molar-refractivity contribution in [3.63, 3.8) is 0 Å². The number of para-hydroxylation sites is 2. The van der Waals surface area contributed by atoms with E-state index in [0.29, 0.717) is 28.6 Å². The Hall–Kier alpha value is -3.86. The van der Waals surface area contributed by atoms with E-state index in [1.165, 1.54) is 12.4 Å². The van der Waals surface area contributed by atoms with E-state index in [9.17, 15) is 8.78 Å². The van der Waals surface area contributed by atoms with E-state index in [2.05, 4.69) is 35.5 Å². The van der Waals surface area contributed by atoms with E-state index in [-0.39, 0.29) is 17.8 Å². The fourth-order valence-corrected chi connectivity index (χ4v) is 3.15. The van der Waals surface area contributed by atoms with Crippen molar-refractivity contribution < 1.29 is 18.3 Å². The van der Waals surface area contributed by atoms with Gasteiger partial charge in [-0.3, -0.25) is 0 Å². The zero-order valence-electron chi connectivity index (χ0n) is 17.3. The highest BCUT2D eigenvalue weighted by molar-refractivity contribution is 6.32. The SMILES string of the molecule is CC(Cn1cnnn1)Oc1cc(-c2cnc(Nc3ccccc3OC(F)F)nc2)ccc1Cl. The van der Waals surface area contributed by atoms with Crippen LogP contribution in [-0.2, 0) is 6.54 Å². The molecule has 12 heteroatoms. The summed E-state index contributed by atoms with van der Waals surface area (Å²) in [5, 5.41) is 14.3. The van der Waals surface area contributed by atoms with Gasteiger partial charge in [-0.2, -0.15) is 8.78 Å². The van der Waals surface area contributed by atoms with Gasteiger partial charge < -0.3 is 14.8 Å². The molecule has 0 aliphatic carbocycles. The molecule has 1 atom stereocenters. The van der Waals surface area contributed by atoms with Crippen LogP contribution in [0.25, 0.3) is 11.1 Å². The molecule has 0 aliphatic rings. The topological polar surface area (TPSA) is 99.9 Å². The third kappa shape index (κ3) is 5.89. The van der Waals surface area contributed by atoms with Gasteiger partial charge >= 0.3 is 6.61 Å². The van der Waals surface area contributed by atoms with Gasteiger partial charge in [-0.25, -0.2) is 14.6 Å². The van der Waals surface area contributed by atoms with Gasteiger partial charge in [0.15, 0.2) is 0 Å². The largest absolute Gasteiger partial charge is 0.487 e. The van der Waals surface area contributed by atoms with Crippen LogP contribution in [0.3, 0.4) is 0 Å². The molecule has 4 rings (SSSR count). The second kappa shape index (κ2) is 10.2. The molecule has 1 unspecified atom stereocenters. The van der Waals surface area contributed by atoms with Crippen molar-refractivity contribution in [1.29, 1.82) is 0 Å². The molecular weight excluding hydrogens is 456 g/mol. The minimum absolute atomic E-state index is 0.00420. The summed E-state index contributed by atoms with van der Waals surface area (Å²) in [6.07, 6.45) is 4.47. The Kier molecular flexibility index (Phi) is 6.89. The molecule has 0 radical (unpaired) electrons. The molecule has 0 spiro atoms. The third-order valence-electron chi connectivity index (χ3n) is 4.43. The van der Waals surface area contributed by atoms with Crippen molar-refractivity contribution in [3.8, 4) is 22.6 Å². The fourth-order valence-electron chi connectivity index (χ4n) is 2.99. The molecule has 2 heterocycles. The number of nitrogens with zero attached hydrogens (tertiary/aromatic N) is 6. The van der Waals surface area contributed by atoms with Gasteiger partial charge in [0.25, 0.3) is 0 Å². The molecule has 2 aromatic heterocycles. The van der Waals surface area contributed by atoms with E-state index in [1.807, 2.05) is 13.0 Å².